The first-order chi connectivity index (χ1) is 9.22. The van der Waals surface area contributed by atoms with E-state index in [1.54, 1.807) is 0 Å². The van der Waals surface area contributed by atoms with Crippen LogP contribution in [0.4, 0.5) is 0 Å². The van der Waals surface area contributed by atoms with Crippen LogP contribution in [0.15, 0.2) is 24.3 Å². The second-order valence-electron chi connectivity index (χ2n) is 4.82. The van der Waals surface area contributed by atoms with Crippen molar-refractivity contribution in [3.05, 3.63) is 29.8 Å². The van der Waals surface area contributed by atoms with Gasteiger partial charge in [-0.15, -0.1) is 11.6 Å². The number of para-hydroxylation sites is 1. The van der Waals surface area contributed by atoms with Crippen molar-refractivity contribution in [2.45, 2.75) is 44.0 Å². The lowest BCUT2D eigenvalue weighted by Crippen LogP contribution is -2.35. The van der Waals surface area contributed by atoms with Crippen molar-refractivity contribution >= 4 is 17.5 Å². The van der Waals surface area contributed by atoms with Crippen LogP contribution in [0.3, 0.4) is 0 Å². The fourth-order valence-electron chi connectivity index (χ4n) is 2.46. The van der Waals surface area contributed by atoms with E-state index in [2.05, 4.69) is 5.32 Å². The Balaban J connectivity index is 2.05. The summed E-state index contributed by atoms with van der Waals surface area (Å²) in [5.74, 6) is 0.562. The highest BCUT2D eigenvalue weighted by Crippen LogP contribution is 2.30. The third-order valence-electron chi connectivity index (χ3n) is 3.42. The Bertz CT molecular complexity index is 430. The van der Waals surface area contributed by atoms with Crippen molar-refractivity contribution in [1.29, 1.82) is 0 Å². The SMILES string of the molecule is CCOc1ccccc1C(Cl)C(=O)NC1CCCC1. The summed E-state index contributed by atoms with van der Waals surface area (Å²) in [6.07, 6.45) is 4.49. The first-order valence-corrected chi connectivity index (χ1v) is 7.32. The van der Waals surface area contributed by atoms with Gasteiger partial charge in [0.25, 0.3) is 0 Å². The molecule has 0 radical (unpaired) electrons. The number of hydrogen-bond acceptors (Lipinski definition) is 2. The molecule has 1 saturated carbocycles. The molecule has 104 valence electrons. The second-order valence-corrected chi connectivity index (χ2v) is 5.26. The zero-order valence-corrected chi connectivity index (χ0v) is 12.0. The van der Waals surface area contributed by atoms with E-state index >= 15 is 0 Å². The Morgan fingerprint density at radius 1 is 1.42 bits per heavy atom. The number of alkyl halides is 1. The quantitative estimate of drug-likeness (QED) is 0.840. The summed E-state index contributed by atoms with van der Waals surface area (Å²) in [5.41, 5.74) is 0.738. The van der Waals surface area contributed by atoms with Gasteiger partial charge in [-0.3, -0.25) is 4.79 Å². The van der Waals surface area contributed by atoms with Crippen molar-refractivity contribution in [1.82, 2.24) is 5.32 Å². The van der Waals surface area contributed by atoms with Crippen molar-refractivity contribution < 1.29 is 9.53 Å². The molecule has 1 aromatic carbocycles. The average Bonchev–Trinajstić information content (AvgIpc) is 2.92. The molecule has 0 aliphatic heterocycles. The molecule has 0 spiro atoms. The maximum Gasteiger partial charge on any atom is 0.242 e. The van der Waals surface area contributed by atoms with Gasteiger partial charge in [-0.1, -0.05) is 31.0 Å². The molecule has 1 aliphatic carbocycles. The van der Waals surface area contributed by atoms with Gasteiger partial charge in [0.1, 0.15) is 11.1 Å². The lowest BCUT2D eigenvalue weighted by atomic mass is 10.1. The molecule has 0 aromatic heterocycles. The molecule has 1 amide bonds. The van der Waals surface area contributed by atoms with E-state index in [-0.39, 0.29) is 11.9 Å². The Hall–Kier alpha value is -1.22. The minimum absolute atomic E-state index is 0.124. The molecule has 2 rings (SSSR count). The molecular weight excluding hydrogens is 262 g/mol. The van der Waals surface area contributed by atoms with Crippen LogP contribution < -0.4 is 10.1 Å². The van der Waals surface area contributed by atoms with Crippen molar-refractivity contribution in [2.75, 3.05) is 6.61 Å². The van der Waals surface area contributed by atoms with E-state index < -0.39 is 5.38 Å². The Morgan fingerprint density at radius 2 is 2.11 bits per heavy atom. The average molecular weight is 282 g/mol. The number of rotatable bonds is 5. The number of hydrogen-bond donors (Lipinski definition) is 1. The predicted molar refractivity (Wildman–Crippen MR) is 76.6 cm³/mol. The summed E-state index contributed by atoms with van der Waals surface area (Å²) in [6.45, 7) is 2.48. The number of nitrogens with one attached hydrogen (secondary N) is 1. The lowest BCUT2D eigenvalue weighted by Gasteiger charge is -2.17. The minimum Gasteiger partial charge on any atom is -0.494 e. The van der Waals surface area contributed by atoms with E-state index in [4.69, 9.17) is 16.3 Å². The van der Waals surface area contributed by atoms with E-state index in [1.807, 2.05) is 31.2 Å². The van der Waals surface area contributed by atoms with Gasteiger partial charge in [-0.25, -0.2) is 0 Å². The molecule has 0 bridgehead atoms. The Labute approximate surface area is 119 Å². The van der Waals surface area contributed by atoms with Gasteiger partial charge in [0.15, 0.2) is 0 Å². The van der Waals surface area contributed by atoms with E-state index in [1.165, 1.54) is 12.8 Å². The summed E-state index contributed by atoms with van der Waals surface area (Å²) in [7, 11) is 0. The van der Waals surface area contributed by atoms with Crippen LogP contribution in [-0.2, 0) is 4.79 Å². The molecule has 1 aromatic rings. The first-order valence-electron chi connectivity index (χ1n) is 6.88. The largest absolute Gasteiger partial charge is 0.494 e. The van der Waals surface area contributed by atoms with Gasteiger partial charge in [0.05, 0.1) is 6.61 Å². The summed E-state index contributed by atoms with van der Waals surface area (Å²) >= 11 is 6.28. The van der Waals surface area contributed by atoms with Crippen LogP contribution in [0, 0.1) is 0 Å². The van der Waals surface area contributed by atoms with Crippen LogP contribution in [0.25, 0.3) is 0 Å². The van der Waals surface area contributed by atoms with Gasteiger partial charge in [0, 0.05) is 11.6 Å². The smallest absolute Gasteiger partial charge is 0.242 e. The highest BCUT2D eigenvalue weighted by molar-refractivity contribution is 6.31. The van der Waals surface area contributed by atoms with Gasteiger partial charge in [0.2, 0.25) is 5.91 Å². The monoisotopic (exact) mass is 281 g/mol. The van der Waals surface area contributed by atoms with Gasteiger partial charge >= 0.3 is 0 Å². The number of carbonyl (C=O) groups is 1. The van der Waals surface area contributed by atoms with Gasteiger partial charge in [-0.2, -0.15) is 0 Å². The maximum atomic E-state index is 12.2. The fraction of sp³-hybridized carbons (Fsp3) is 0.533. The van der Waals surface area contributed by atoms with Crippen LogP contribution >= 0.6 is 11.6 Å². The summed E-state index contributed by atoms with van der Waals surface area (Å²) in [4.78, 5) is 12.2. The Morgan fingerprint density at radius 3 is 2.79 bits per heavy atom. The number of carbonyl (C=O) groups excluding carboxylic acids is 1. The molecule has 1 atom stereocenters. The molecule has 4 heteroatoms. The van der Waals surface area contributed by atoms with Gasteiger partial charge in [-0.05, 0) is 25.8 Å². The highest BCUT2D eigenvalue weighted by atomic mass is 35.5. The third-order valence-corrected chi connectivity index (χ3v) is 3.86. The zero-order valence-electron chi connectivity index (χ0n) is 11.2. The van der Waals surface area contributed by atoms with Crippen LogP contribution in [-0.4, -0.2) is 18.6 Å². The predicted octanol–water partition coefficient (Wildman–Crippen LogP) is 3.42. The lowest BCUT2D eigenvalue weighted by molar-refractivity contribution is -0.121. The maximum absolute atomic E-state index is 12.2. The molecule has 1 fully saturated rings. The normalized spacial score (nSPS) is 17.2. The number of amides is 1. The molecule has 19 heavy (non-hydrogen) atoms. The summed E-state index contributed by atoms with van der Waals surface area (Å²) in [5, 5.41) is 2.33. The van der Waals surface area contributed by atoms with Crippen LogP contribution in [0.2, 0.25) is 0 Å². The number of benzene rings is 1. The molecule has 1 unspecified atom stereocenters. The molecule has 1 aliphatic rings. The molecule has 1 N–H and O–H groups in total. The first kappa shape index (κ1) is 14.2. The van der Waals surface area contributed by atoms with E-state index in [0.29, 0.717) is 12.4 Å². The molecule has 0 heterocycles. The van der Waals surface area contributed by atoms with E-state index in [9.17, 15) is 4.79 Å². The van der Waals surface area contributed by atoms with Crippen molar-refractivity contribution in [2.24, 2.45) is 0 Å². The minimum atomic E-state index is -0.691. The number of ether oxygens (including phenoxy) is 1. The Kier molecular flexibility index (Phi) is 5.08. The van der Waals surface area contributed by atoms with Crippen LogP contribution in [0.1, 0.15) is 43.5 Å². The highest BCUT2D eigenvalue weighted by Gasteiger charge is 2.25. The topological polar surface area (TPSA) is 38.3 Å². The van der Waals surface area contributed by atoms with Crippen molar-refractivity contribution in [3.8, 4) is 5.75 Å². The second kappa shape index (κ2) is 6.80. The summed E-state index contributed by atoms with van der Waals surface area (Å²) < 4.78 is 5.51. The standard InChI is InChI=1S/C15H20ClNO2/c1-2-19-13-10-6-5-9-12(13)14(16)15(18)17-11-7-3-4-8-11/h5-6,9-11,14H,2-4,7-8H2,1H3,(H,17,18). The molecular formula is C15H20ClNO2. The van der Waals surface area contributed by atoms with Crippen molar-refractivity contribution in [3.63, 3.8) is 0 Å². The number of halogens is 1. The fourth-order valence-corrected chi connectivity index (χ4v) is 2.71. The van der Waals surface area contributed by atoms with Gasteiger partial charge < -0.3 is 10.1 Å². The van der Waals surface area contributed by atoms with Crippen LogP contribution in [0.5, 0.6) is 5.75 Å². The molecule has 0 saturated heterocycles. The molecule has 3 nitrogen and oxygen atoms in total. The van der Waals surface area contributed by atoms with E-state index in [0.717, 1.165) is 18.4 Å². The third kappa shape index (κ3) is 3.63. The zero-order chi connectivity index (χ0) is 13.7. The summed E-state index contributed by atoms with van der Waals surface area (Å²) in [6, 6.07) is 7.73.